The molecule has 0 spiro atoms. The summed E-state index contributed by atoms with van der Waals surface area (Å²) in [4.78, 5) is 0. The maximum atomic E-state index is 5.26. The van der Waals surface area contributed by atoms with Crippen LogP contribution in [0.15, 0.2) is 0 Å². The molecule has 80 valence electrons. The van der Waals surface area contributed by atoms with Crippen molar-refractivity contribution in [2.24, 2.45) is 5.14 Å². The molecule has 0 rings (SSSR count). The summed E-state index contributed by atoms with van der Waals surface area (Å²) in [5.74, 6) is 1.27. The topological polar surface area (TPSA) is 44.5 Å². The molecule has 0 saturated carbocycles. The first-order chi connectivity index (χ1) is 6.35. The smallest absolute Gasteiger partial charge is 0.134 e. The molecule has 3 nitrogen and oxygen atoms in total. The second-order valence-corrected chi connectivity index (χ2v) is 8.22. The van der Waals surface area contributed by atoms with Crippen LogP contribution in [0.25, 0.3) is 0 Å². The van der Waals surface area contributed by atoms with E-state index in [9.17, 15) is 0 Å². The normalized spacial score (nSPS) is 12.0. The van der Waals surface area contributed by atoms with Crippen LogP contribution < -0.4 is 5.14 Å². The van der Waals surface area contributed by atoms with Gasteiger partial charge in [0.2, 0.25) is 0 Å². The van der Waals surface area contributed by atoms with Crippen LogP contribution in [0.1, 0.15) is 6.42 Å². The molecule has 0 heterocycles. The van der Waals surface area contributed by atoms with E-state index in [1.165, 1.54) is 29.2 Å². The summed E-state index contributed by atoms with van der Waals surface area (Å²) < 4.78 is 10.3. The summed E-state index contributed by atoms with van der Waals surface area (Å²) in [6, 6.07) is 1.27. The first kappa shape index (κ1) is 14.1. The molecule has 0 unspecified atom stereocenters. The van der Waals surface area contributed by atoms with E-state index in [0.717, 1.165) is 0 Å². The van der Waals surface area contributed by atoms with Crippen LogP contribution in [-0.2, 0) is 9.47 Å². The zero-order valence-electron chi connectivity index (χ0n) is 8.02. The Labute approximate surface area is 94.0 Å². The van der Waals surface area contributed by atoms with Crippen molar-refractivity contribution in [1.29, 1.82) is 0 Å². The summed E-state index contributed by atoms with van der Waals surface area (Å²) in [5.41, 5.74) is 0. The zero-order valence-corrected chi connectivity index (χ0v) is 11.9. The lowest BCUT2D eigenvalue weighted by Crippen LogP contribution is -2.21. The summed E-state index contributed by atoms with van der Waals surface area (Å²) >= 11 is 0. The van der Waals surface area contributed by atoms with Gasteiger partial charge in [-0.15, -0.1) is 0 Å². The SMILES string of the molecule is COC(OC)[SiH2]CCCSSSN. The molecule has 13 heavy (non-hydrogen) atoms. The first-order valence-electron chi connectivity index (χ1n) is 4.05. The van der Waals surface area contributed by atoms with Crippen LogP contribution in [0.2, 0.25) is 6.04 Å². The Morgan fingerprint density at radius 2 is 2.08 bits per heavy atom. The Balaban J connectivity index is 3.05. The molecule has 0 atom stereocenters. The van der Waals surface area contributed by atoms with Crippen molar-refractivity contribution in [3.05, 3.63) is 0 Å². The van der Waals surface area contributed by atoms with E-state index in [1.807, 2.05) is 10.8 Å². The van der Waals surface area contributed by atoms with Crippen molar-refractivity contribution in [3.8, 4) is 0 Å². The standard InChI is InChI=1S/C6H17NO2S3Si/c1-8-6(9-2)13-5-3-4-10-12-11-7/h6H,3-5,7,13H2,1-2H3. The molecule has 0 amide bonds. The molecule has 0 fully saturated rings. The van der Waals surface area contributed by atoms with Crippen LogP contribution in [-0.4, -0.2) is 35.4 Å². The average Bonchev–Trinajstić information content (AvgIpc) is 2.17. The molecule has 2 N–H and O–H groups in total. The average molecular weight is 259 g/mol. The third-order valence-corrected chi connectivity index (χ3v) is 6.80. The van der Waals surface area contributed by atoms with Gasteiger partial charge in [-0.25, -0.2) is 0 Å². The molecule has 0 saturated heterocycles. The lowest BCUT2D eigenvalue weighted by molar-refractivity contribution is -0.0441. The van der Waals surface area contributed by atoms with Gasteiger partial charge in [0.05, 0.1) is 9.52 Å². The molecule has 0 aromatic rings. The number of hydrogen-bond acceptors (Lipinski definition) is 6. The van der Waals surface area contributed by atoms with Crippen LogP contribution in [0.4, 0.5) is 0 Å². The molecular formula is C6H17NO2S3Si. The first-order valence-corrected chi connectivity index (χ1v) is 9.59. The Bertz CT molecular complexity index is 108. The van der Waals surface area contributed by atoms with Crippen molar-refractivity contribution in [3.63, 3.8) is 0 Å². The number of rotatable bonds is 9. The van der Waals surface area contributed by atoms with E-state index in [-0.39, 0.29) is 15.4 Å². The molecule has 0 bridgehead atoms. The van der Waals surface area contributed by atoms with Gasteiger partial charge < -0.3 is 9.47 Å². The number of hydrogen-bond donors (Lipinski definition) is 1. The van der Waals surface area contributed by atoms with Crippen LogP contribution in [0.5, 0.6) is 0 Å². The van der Waals surface area contributed by atoms with Gasteiger partial charge in [0.25, 0.3) is 0 Å². The summed E-state index contributed by atoms with van der Waals surface area (Å²) in [6.45, 7) is 0. The van der Waals surface area contributed by atoms with E-state index >= 15 is 0 Å². The second-order valence-electron chi connectivity index (χ2n) is 2.38. The fraction of sp³-hybridized carbons (Fsp3) is 1.00. The van der Waals surface area contributed by atoms with Gasteiger partial charge in [-0.3, -0.25) is 5.14 Å². The molecule has 7 heteroatoms. The molecule has 0 radical (unpaired) electrons. The van der Waals surface area contributed by atoms with E-state index in [4.69, 9.17) is 14.6 Å². The molecular weight excluding hydrogens is 242 g/mol. The van der Waals surface area contributed by atoms with Crippen LogP contribution in [0.3, 0.4) is 0 Å². The highest BCUT2D eigenvalue weighted by molar-refractivity contribution is 9.09. The lowest BCUT2D eigenvalue weighted by Gasteiger charge is -2.11. The van der Waals surface area contributed by atoms with Crippen molar-refractivity contribution < 1.29 is 9.47 Å². The fourth-order valence-corrected chi connectivity index (χ4v) is 4.85. The highest BCUT2D eigenvalue weighted by Gasteiger charge is 2.04. The predicted octanol–water partition coefficient (Wildman–Crippen LogP) is 1.44. The molecule has 0 aliphatic carbocycles. The highest BCUT2D eigenvalue weighted by atomic mass is 33.5. The zero-order chi connectivity index (χ0) is 9.94. The largest absolute Gasteiger partial charge is 0.360 e. The minimum Gasteiger partial charge on any atom is -0.360 e. The minimum atomic E-state index is -0.214. The van der Waals surface area contributed by atoms with Crippen molar-refractivity contribution in [2.45, 2.75) is 18.4 Å². The quantitative estimate of drug-likeness (QED) is 0.222. The number of nitrogens with two attached hydrogens (primary N) is 1. The van der Waals surface area contributed by atoms with Crippen molar-refractivity contribution in [2.75, 3.05) is 20.0 Å². The fourth-order valence-electron chi connectivity index (χ4n) is 0.866. The summed E-state index contributed by atoms with van der Waals surface area (Å²) in [6.07, 6.45) is 1.24. The number of ether oxygens (including phenoxy) is 2. The molecule has 0 aromatic carbocycles. The molecule has 0 aliphatic heterocycles. The van der Waals surface area contributed by atoms with Gasteiger partial charge in [-0.05, 0) is 27.2 Å². The molecule has 0 aromatic heterocycles. The summed E-state index contributed by atoms with van der Waals surface area (Å²) in [5, 5.41) is 5.26. The monoisotopic (exact) mass is 259 g/mol. The van der Waals surface area contributed by atoms with Gasteiger partial charge in [0, 0.05) is 20.0 Å². The van der Waals surface area contributed by atoms with Crippen molar-refractivity contribution in [1.82, 2.24) is 0 Å². The highest BCUT2D eigenvalue weighted by Crippen LogP contribution is 2.30. The predicted molar refractivity (Wildman–Crippen MR) is 67.6 cm³/mol. The van der Waals surface area contributed by atoms with E-state index in [2.05, 4.69) is 0 Å². The van der Waals surface area contributed by atoms with Crippen LogP contribution >= 0.6 is 31.6 Å². The van der Waals surface area contributed by atoms with Gasteiger partial charge in [0.1, 0.15) is 5.91 Å². The Kier molecular flexibility index (Phi) is 12.2. The Hall–Kier alpha value is 1.15. The second kappa shape index (κ2) is 11.2. The van der Waals surface area contributed by atoms with E-state index in [0.29, 0.717) is 0 Å². The van der Waals surface area contributed by atoms with E-state index in [1.54, 1.807) is 24.0 Å². The maximum absolute atomic E-state index is 5.26. The van der Waals surface area contributed by atoms with Crippen molar-refractivity contribution >= 4 is 41.1 Å². The third kappa shape index (κ3) is 9.45. The maximum Gasteiger partial charge on any atom is 0.134 e. The number of methoxy groups -OCH3 is 2. The minimum absolute atomic E-state index is 0.0986. The van der Waals surface area contributed by atoms with Gasteiger partial charge in [-0.1, -0.05) is 16.8 Å². The van der Waals surface area contributed by atoms with Gasteiger partial charge in [-0.2, -0.15) is 0 Å². The van der Waals surface area contributed by atoms with Gasteiger partial charge >= 0.3 is 0 Å². The Morgan fingerprint density at radius 3 is 2.62 bits per heavy atom. The Morgan fingerprint density at radius 1 is 1.38 bits per heavy atom. The van der Waals surface area contributed by atoms with E-state index < -0.39 is 0 Å². The molecule has 0 aliphatic rings. The summed E-state index contributed by atoms with van der Waals surface area (Å²) in [7, 11) is 7.97. The third-order valence-electron chi connectivity index (χ3n) is 1.53. The van der Waals surface area contributed by atoms with Gasteiger partial charge in [0.15, 0.2) is 0 Å². The lowest BCUT2D eigenvalue weighted by atomic mass is 10.6. The van der Waals surface area contributed by atoms with Crippen LogP contribution in [0, 0.1) is 0 Å².